The number of piperidine rings is 1. The molecule has 1 heterocycles. The molecule has 4 heteroatoms. The van der Waals surface area contributed by atoms with Crippen molar-refractivity contribution in [3.05, 3.63) is 29.3 Å². The lowest BCUT2D eigenvalue weighted by Gasteiger charge is -2.36. The van der Waals surface area contributed by atoms with E-state index in [0.29, 0.717) is 5.92 Å². The Kier molecular flexibility index (Phi) is 5.12. The molecule has 23 heavy (non-hydrogen) atoms. The summed E-state index contributed by atoms with van der Waals surface area (Å²) in [5, 5.41) is 2.94. The number of nitrogens with one attached hydrogen (secondary N) is 1. The lowest BCUT2D eigenvalue weighted by atomic mass is 9.88. The number of hydrogen-bond donors (Lipinski definition) is 1. The molecule has 1 unspecified atom stereocenters. The van der Waals surface area contributed by atoms with Crippen LogP contribution in [0, 0.1) is 25.2 Å². The summed E-state index contributed by atoms with van der Waals surface area (Å²) in [6.45, 7) is 11.0. The van der Waals surface area contributed by atoms with Crippen molar-refractivity contribution >= 4 is 17.5 Å². The zero-order valence-electron chi connectivity index (χ0n) is 14.9. The largest absolute Gasteiger partial charge is 0.342 e. The number of likely N-dealkylation sites (tertiary alicyclic amines) is 1. The number of aryl methyl sites for hydroxylation is 2. The average molecular weight is 316 g/mol. The van der Waals surface area contributed by atoms with E-state index >= 15 is 0 Å². The second-order valence-corrected chi connectivity index (χ2v) is 7.40. The van der Waals surface area contributed by atoms with Crippen molar-refractivity contribution in [3.63, 3.8) is 0 Å². The molecule has 4 nitrogen and oxygen atoms in total. The molecule has 1 atom stereocenters. The van der Waals surface area contributed by atoms with Crippen molar-refractivity contribution in [1.82, 2.24) is 4.90 Å². The van der Waals surface area contributed by atoms with Crippen molar-refractivity contribution < 1.29 is 9.59 Å². The van der Waals surface area contributed by atoms with Gasteiger partial charge in [-0.05, 0) is 63.6 Å². The first-order chi connectivity index (χ1) is 10.7. The molecule has 0 aliphatic carbocycles. The molecule has 1 aliphatic rings. The predicted molar refractivity (Wildman–Crippen MR) is 93.3 cm³/mol. The van der Waals surface area contributed by atoms with Gasteiger partial charge < -0.3 is 10.2 Å². The van der Waals surface area contributed by atoms with Crippen LogP contribution in [0.2, 0.25) is 0 Å². The summed E-state index contributed by atoms with van der Waals surface area (Å²) < 4.78 is 0. The molecular weight excluding hydrogens is 288 g/mol. The van der Waals surface area contributed by atoms with Crippen molar-refractivity contribution in [3.8, 4) is 0 Å². The Morgan fingerprint density at radius 2 is 1.96 bits per heavy atom. The molecule has 1 aliphatic heterocycles. The monoisotopic (exact) mass is 316 g/mol. The number of hydrogen-bond acceptors (Lipinski definition) is 2. The van der Waals surface area contributed by atoms with Crippen molar-refractivity contribution in [2.24, 2.45) is 11.3 Å². The Morgan fingerprint density at radius 1 is 1.26 bits per heavy atom. The summed E-state index contributed by atoms with van der Waals surface area (Å²) in [6.07, 6.45) is 2.17. The number of carbonyl (C=O) groups excluding carboxylic acids is 2. The maximum Gasteiger partial charge on any atom is 0.239 e. The first-order valence-corrected chi connectivity index (χ1v) is 8.40. The topological polar surface area (TPSA) is 49.4 Å². The van der Waals surface area contributed by atoms with Crippen LogP contribution in [0.1, 0.15) is 44.7 Å². The SMILES string of the molecule is Cc1ccc(C)c(NC(=O)C(C)(C)C(=O)N2CCCC(C)C2)c1. The normalized spacial score (nSPS) is 18.7. The van der Waals surface area contributed by atoms with E-state index in [4.69, 9.17) is 0 Å². The van der Waals surface area contributed by atoms with E-state index in [1.54, 1.807) is 13.8 Å². The maximum atomic E-state index is 12.8. The Labute approximate surface area is 139 Å². The third kappa shape index (κ3) is 3.92. The summed E-state index contributed by atoms with van der Waals surface area (Å²) in [6, 6.07) is 5.93. The fraction of sp³-hybridized carbons (Fsp3) is 0.579. The number of carbonyl (C=O) groups is 2. The van der Waals surface area contributed by atoms with Gasteiger partial charge in [0.1, 0.15) is 5.41 Å². The van der Waals surface area contributed by atoms with E-state index in [9.17, 15) is 9.59 Å². The predicted octanol–water partition coefficient (Wildman–Crippen LogP) is 3.53. The van der Waals surface area contributed by atoms with Crippen LogP contribution in [-0.4, -0.2) is 29.8 Å². The van der Waals surface area contributed by atoms with Gasteiger partial charge in [0.2, 0.25) is 11.8 Å². The minimum Gasteiger partial charge on any atom is -0.342 e. The van der Waals surface area contributed by atoms with E-state index < -0.39 is 5.41 Å². The summed E-state index contributed by atoms with van der Waals surface area (Å²) in [4.78, 5) is 27.4. The van der Waals surface area contributed by atoms with Gasteiger partial charge in [0.15, 0.2) is 0 Å². The highest BCUT2D eigenvalue weighted by Gasteiger charge is 2.40. The molecule has 0 aromatic heterocycles. The van der Waals surface area contributed by atoms with Gasteiger partial charge in [-0.25, -0.2) is 0 Å². The molecule has 0 saturated carbocycles. The van der Waals surface area contributed by atoms with Crippen LogP contribution in [-0.2, 0) is 9.59 Å². The van der Waals surface area contributed by atoms with Gasteiger partial charge in [0.25, 0.3) is 0 Å². The van der Waals surface area contributed by atoms with E-state index in [0.717, 1.165) is 42.7 Å². The summed E-state index contributed by atoms with van der Waals surface area (Å²) in [5.74, 6) is 0.187. The van der Waals surface area contributed by atoms with Crippen molar-refractivity contribution in [2.45, 2.75) is 47.5 Å². The van der Waals surface area contributed by atoms with Gasteiger partial charge in [0, 0.05) is 18.8 Å². The van der Waals surface area contributed by atoms with Crippen LogP contribution < -0.4 is 5.32 Å². The number of nitrogens with zero attached hydrogens (tertiary/aromatic N) is 1. The smallest absolute Gasteiger partial charge is 0.239 e. The zero-order chi connectivity index (χ0) is 17.2. The zero-order valence-corrected chi connectivity index (χ0v) is 14.9. The van der Waals surface area contributed by atoms with Crippen molar-refractivity contribution in [2.75, 3.05) is 18.4 Å². The highest BCUT2D eigenvalue weighted by Crippen LogP contribution is 2.26. The summed E-state index contributed by atoms with van der Waals surface area (Å²) in [5.41, 5.74) is 1.80. The third-order valence-corrected chi connectivity index (χ3v) is 4.69. The summed E-state index contributed by atoms with van der Waals surface area (Å²) in [7, 11) is 0. The molecule has 0 radical (unpaired) electrons. The fourth-order valence-electron chi connectivity index (χ4n) is 3.02. The lowest BCUT2D eigenvalue weighted by Crippen LogP contribution is -2.50. The highest BCUT2D eigenvalue weighted by molar-refractivity contribution is 6.10. The van der Waals surface area contributed by atoms with Crippen LogP contribution in [0.25, 0.3) is 0 Å². The standard InChI is InChI=1S/C19H28N2O2/c1-13-8-9-15(3)16(11-13)20-17(22)19(4,5)18(23)21-10-6-7-14(2)12-21/h8-9,11,14H,6-7,10,12H2,1-5H3,(H,20,22). The lowest BCUT2D eigenvalue weighted by molar-refractivity contribution is -0.147. The van der Waals surface area contributed by atoms with E-state index in [2.05, 4.69) is 12.2 Å². The Hall–Kier alpha value is -1.84. The van der Waals surface area contributed by atoms with Crippen LogP contribution in [0.3, 0.4) is 0 Å². The second-order valence-electron chi connectivity index (χ2n) is 7.40. The molecule has 1 aromatic rings. The first kappa shape index (κ1) is 17.5. The number of amides is 2. The van der Waals surface area contributed by atoms with Gasteiger partial charge in [-0.15, -0.1) is 0 Å². The summed E-state index contributed by atoms with van der Waals surface area (Å²) >= 11 is 0. The number of rotatable bonds is 3. The van der Waals surface area contributed by atoms with Gasteiger partial charge in [-0.3, -0.25) is 9.59 Å². The number of anilines is 1. The molecule has 0 spiro atoms. The van der Waals surface area contributed by atoms with Gasteiger partial charge in [0.05, 0.1) is 0 Å². The van der Waals surface area contributed by atoms with E-state index in [1.807, 2.05) is 36.9 Å². The van der Waals surface area contributed by atoms with Crippen LogP contribution in [0.15, 0.2) is 18.2 Å². The molecule has 0 bridgehead atoms. The van der Waals surface area contributed by atoms with Crippen LogP contribution in [0.4, 0.5) is 5.69 Å². The number of benzene rings is 1. The first-order valence-electron chi connectivity index (χ1n) is 8.40. The van der Waals surface area contributed by atoms with Gasteiger partial charge in [-0.1, -0.05) is 19.1 Å². The van der Waals surface area contributed by atoms with Gasteiger partial charge >= 0.3 is 0 Å². The molecule has 1 N–H and O–H groups in total. The van der Waals surface area contributed by atoms with Gasteiger partial charge in [-0.2, -0.15) is 0 Å². The third-order valence-electron chi connectivity index (χ3n) is 4.69. The molecule has 126 valence electrons. The Bertz CT molecular complexity index is 607. The molecule has 1 saturated heterocycles. The van der Waals surface area contributed by atoms with Crippen LogP contribution in [0.5, 0.6) is 0 Å². The minimum atomic E-state index is -1.06. The van der Waals surface area contributed by atoms with Crippen molar-refractivity contribution in [1.29, 1.82) is 0 Å². The second kappa shape index (κ2) is 6.73. The molecule has 2 rings (SSSR count). The molecular formula is C19H28N2O2. The fourth-order valence-corrected chi connectivity index (χ4v) is 3.02. The maximum absolute atomic E-state index is 12.8. The quantitative estimate of drug-likeness (QED) is 0.867. The highest BCUT2D eigenvalue weighted by atomic mass is 16.2. The average Bonchev–Trinajstić information content (AvgIpc) is 2.50. The molecule has 1 fully saturated rings. The van der Waals surface area contributed by atoms with Crippen LogP contribution >= 0.6 is 0 Å². The Morgan fingerprint density at radius 3 is 2.61 bits per heavy atom. The van der Waals surface area contributed by atoms with E-state index in [-0.39, 0.29) is 11.8 Å². The minimum absolute atomic E-state index is 0.0770. The molecule has 2 amide bonds. The molecule has 1 aromatic carbocycles. The Balaban J connectivity index is 2.12. The van der Waals surface area contributed by atoms with E-state index in [1.165, 1.54) is 0 Å².